The van der Waals surface area contributed by atoms with Crippen molar-refractivity contribution >= 4 is 41.6 Å². The molecule has 1 heterocycles. The third-order valence-corrected chi connectivity index (χ3v) is 3.85. The predicted molar refractivity (Wildman–Crippen MR) is 112 cm³/mol. The molecule has 1 aromatic heterocycles. The lowest BCUT2D eigenvalue weighted by molar-refractivity contribution is -0.183. The average Bonchev–Trinajstić information content (AvgIpc) is 2.70. The van der Waals surface area contributed by atoms with Crippen molar-refractivity contribution in [2.45, 2.75) is 46.0 Å². The number of aliphatic imine (C=N–C) groups is 1. The lowest BCUT2D eigenvalue weighted by Gasteiger charge is -2.29. The Balaban J connectivity index is 3.50. The van der Waals surface area contributed by atoms with Gasteiger partial charge < -0.3 is 29.4 Å². The van der Waals surface area contributed by atoms with Crippen molar-refractivity contribution in [1.82, 2.24) is 9.55 Å². The van der Waals surface area contributed by atoms with E-state index in [4.69, 9.17) is 29.4 Å². The molecule has 0 aliphatic carbocycles. The van der Waals surface area contributed by atoms with E-state index >= 15 is 0 Å². The predicted octanol–water partition coefficient (Wildman–Crippen LogP) is -0.568. The third kappa shape index (κ3) is 8.23. The Morgan fingerprint density at radius 3 is 2.09 bits per heavy atom. The van der Waals surface area contributed by atoms with Crippen LogP contribution < -0.4 is 16.0 Å². The maximum atomic E-state index is 12.5. The van der Waals surface area contributed by atoms with Crippen LogP contribution in [0.2, 0.25) is 0 Å². The number of rotatable bonds is 10. The molecule has 0 fully saturated rings. The molecule has 0 spiro atoms. The number of ether oxygens (including phenoxy) is 5. The van der Waals surface area contributed by atoms with Crippen LogP contribution in [0.15, 0.2) is 9.79 Å². The van der Waals surface area contributed by atoms with E-state index in [-0.39, 0.29) is 17.5 Å². The summed E-state index contributed by atoms with van der Waals surface area (Å²) in [6.45, 7) is 3.81. The van der Waals surface area contributed by atoms with Crippen LogP contribution in [0.3, 0.4) is 0 Å². The van der Waals surface area contributed by atoms with Crippen molar-refractivity contribution in [2.24, 2.45) is 12.0 Å². The Morgan fingerprint density at radius 1 is 1.03 bits per heavy atom. The van der Waals surface area contributed by atoms with Gasteiger partial charge in [0.05, 0.1) is 7.11 Å². The lowest BCUT2D eigenvalue weighted by Crippen LogP contribution is -2.48. The van der Waals surface area contributed by atoms with Gasteiger partial charge >= 0.3 is 29.9 Å². The maximum absolute atomic E-state index is 12.5. The first-order valence-electron chi connectivity index (χ1n) is 9.47. The molecule has 182 valence electrons. The quantitative estimate of drug-likeness (QED) is 0.261. The highest BCUT2D eigenvalue weighted by molar-refractivity contribution is 5.77. The molecule has 14 heteroatoms. The zero-order chi connectivity index (χ0) is 25.3. The van der Waals surface area contributed by atoms with Gasteiger partial charge in [-0.05, 0) is 0 Å². The van der Waals surface area contributed by atoms with Gasteiger partial charge in [0.25, 0.3) is 5.56 Å². The standard InChI is InChI=1S/C19H26N4O10/c1-9(24)30-8-14(32-11(3)26)16(33-12(4)27)13(31-10(2)25)7-21-15-17(20)22-19(29-6)23(5)18(15)28/h7,13-14,16H,8,20H2,1-6H3/t13-,14-,16+/m1/s1. The number of carbonyl (C=O) groups is 4. The zero-order valence-electron chi connectivity index (χ0n) is 19.0. The van der Waals surface area contributed by atoms with Gasteiger partial charge in [-0.2, -0.15) is 4.98 Å². The van der Waals surface area contributed by atoms with Crippen molar-refractivity contribution in [3.63, 3.8) is 0 Å². The molecule has 33 heavy (non-hydrogen) atoms. The zero-order valence-corrected chi connectivity index (χ0v) is 19.0. The molecule has 0 bridgehead atoms. The Bertz CT molecular complexity index is 988. The van der Waals surface area contributed by atoms with Crippen molar-refractivity contribution in [2.75, 3.05) is 19.5 Å². The maximum Gasteiger partial charge on any atom is 0.303 e. The number of aromatic nitrogens is 2. The Labute approximate surface area is 188 Å². The molecule has 0 aliphatic heterocycles. The lowest BCUT2D eigenvalue weighted by atomic mass is 10.1. The SMILES string of the molecule is COc1nc(N)c(N=C[C@@H](OC(C)=O)[C@H](OC(C)=O)[C@@H](COC(C)=O)OC(C)=O)c(=O)n1C. The summed E-state index contributed by atoms with van der Waals surface area (Å²) in [5, 5.41) is 0. The molecular formula is C19H26N4O10. The van der Waals surface area contributed by atoms with E-state index in [1.165, 1.54) is 14.2 Å². The fourth-order valence-electron chi connectivity index (χ4n) is 2.57. The van der Waals surface area contributed by atoms with Crippen LogP contribution in [0.25, 0.3) is 0 Å². The number of anilines is 1. The summed E-state index contributed by atoms with van der Waals surface area (Å²) in [7, 11) is 2.66. The van der Waals surface area contributed by atoms with E-state index in [9.17, 15) is 24.0 Å². The monoisotopic (exact) mass is 470 g/mol. The smallest absolute Gasteiger partial charge is 0.303 e. The summed E-state index contributed by atoms with van der Waals surface area (Å²) in [4.78, 5) is 66.6. The molecule has 0 amide bonds. The molecule has 0 aliphatic rings. The number of hydrogen-bond acceptors (Lipinski definition) is 13. The van der Waals surface area contributed by atoms with Crippen LogP contribution in [0, 0.1) is 0 Å². The van der Waals surface area contributed by atoms with Crippen molar-refractivity contribution in [3.05, 3.63) is 10.4 Å². The van der Waals surface area contributed by atoms with Crippen molar-refractivity contribution in [1.29, 1.82) is 0 Å². The van der Waals surface area contributed by atoms with Gasteiger partial charge in [0.2, 0.25) is 0 Å². The highest BCUT2D eigenvalue weighted by Crippen LogP contribution is 2.19. The molecule has 2 N–H and O–H groups in total. The first kappa shape index (κ1) is 27.1. The minimum atomic E-state index is -1.49. The van der Waals surface area contributed by atoms with Crippen LogP contribution in [-0.2, 0) is 45.2 Å². The van der Waals surface area contributed by atoms with Crippen LogP contribution in [-0.4, -0.2) is 71.7 Å². The van der Waals surface area contributed by atoms with E-state index in [1.54, 1.807) is 0 Å². The minimum Gasteiger partial charge on any atom is -0.468 e. The number of esters is 4. The highest BCUT2D eigenvalue weighted by atomic mass is 16.6. The topological polar surface area (TPSA) is 188 Å². The normalized spacial score (nSPS) is 13.5. The summed E-state index contributed by atoms with van der Waals surface area (Å²) < 4.78 is 26.3. The van der Waals surface area contributed by atoms with E-state index < -0.39 is 54.4 Å². The Morgan fingerprint density at radius 2 is 1.61 bits per heavy atom. The number of methoxy groups -OCH3 is 1. The second-order valence-electron chi connectivity index (χ2n) is 6.57. The molecule has 0 unspecified atom stereocenters. The number of nitrogens with zero attached hydrogens (tertiary/aromatic N) is 3. The van der Waals surface area contributed by atoms with Gasteiger partial charge in [-0.1, -0.05) is 0 Å². The highest BCUT2D eigenvalue weighted by Gasteiger charge is 2.37. The Hall–Kier alpha value is -3.97. The number of nitrogens with two attached hydrogens (primary N) is 1. The van der Waals surface area contributed by atoms with Gasteiger partial charge in [0.1, 0.15) is 6.61 Å². The average molecular weight is 470 g/mol. The summed E-state index contributed by atoms with van der Waals surface area (Å²) in [5.41, 5.74) is 4.78. The molecule has 0 radical (unpaired) electrons. The van der Waals surface area contributed by atoms with Gasteiger partial charge in [-0.3, -0.25) is 28.5 Å². The van der Waals surface area contributed by atoms with E-state index in [1.807, 2.05) is 0 Å². The first-order valence-corrected chi connectivity index (χ1v) is 9.47. The van der Waals surface area contributed by atoms with Crippen LogP contribution in [0.5, 0.6) is 6.01 Å². The van der Waals surface area contributed by atoms with Crippen molar-refractivity contribution < 1.29 is 42.9 Å². The third-order valence-electron chi connectivity index (χ3n) is 3.85. The molecule has 0 aromatic carbocycles. The van der Waals surface area contributed by atoms with Crippen LogP contribution in [0.1, 0.15) is 27.7 Å². The number of nitrogen functional groups attached to an aromatic ring is 1. The summed E-state index contributed by atoms with van der Waals surface area (Å²) in [6, 6.07) is -0.0675. The summed E-state index contributed by atoms with van der Waals surface area (Å²) in [6.07, 6.45) is -3.38. The second kappa shape index (κ2) is 12.2. The molecule has 14 nitrogen and oxygen atoms in total. The van der Waals surface area contributed by atoms with Gasteiger partial charge in [0.15, 0.2) is 29.8 Å². The number of hydrogen-bond donors (Lipinski definition) is 1. The van der Waals surface area contributed by atoms with Crippen molar-refractivity contribution in [3.8, 4) is 6.01 Å². The minimum absolute atomic E-state index is 0.0675. The van der Waals surface area contributed by atoms with Crippen LogP contribution in [0.4, 0.5) is 11.5 Å². The number of carbonyl (C=O) groups excluding carboxylic acids is 4. The summed E-state index contributed by atoms with van der Waals surface area (Å²) in [5.74, 6) is -3.42. The summed E-state index contributed by atoms with van der Waals surface area (Å²) >= 11 is 0. The van der Waals surface area contributed by atoms with Gasteiger partial charge in [-0.15, -0.1) is 0 Å². The molecular weight excluding hydrogens is 444 g/mol. The first-order chi connectivity index (χ1) is 15.4. The molecule has 0 saturated heterocycles. The fourth-order valence-corrected chi connectivity index (χ4v) is 2.57. The fraction of sp³-hybridized carbons (Fsp3) is 0.526. The van der Waals surface area contributed by atoms with Gasteiger partial charge in [-0.25, -0.2) is 4.99 Å². The van der Waals surface area contributed by atoms with Crippen LogP contribution >= 0.6 is 0 Å². The second-order valence-corrected chi connectivity index (χ2v) is 6.57. The van der Waals surface area contributed by atoms with E-state index in [0.29, 0.717) is 0 Å². The molecule has 0 saturated carbocycles. The molecule has 1 rings (SSSR count). The molecule has 1 aromatic rings. The van der Waals surface area contributed by atoms with Gasteiger partial charge in [0, 0.05) is 41.0 Å². The Kier molecular flexibility index (Phi) is 9.98. The van der Waals surface area contributed by atoms with E-state index in [2.05, 4.69) is 9.98 Å². The van der Waals surface area contributed by atoms with E-state index in [0.717, 1.165) is 38.5 Å². The largest absolute Gasteiger partial charge is 0.468 e. The molecule has 3 atom stereocenters.